The summed E-state index contributed by atoms with van der Waals surface area (Å²) in [6.45, 7) is 4.38. The molecule has 0 fully saturated rings. The number of fused-ring (bicyclic) bond motifs is 1. The molecule has 3 aromatic rings. The van der Waals surface area contributed by atoms with Gasteiger partial charge in [-0.3, -0.25) is 4.79 Å². The molecule has 0 saturated carbocycles. The molecule has 3 nitrogen and oxygen atoms in total. The Balaban J connectivity index is 1.58. The number of allylic oxidation sites excluding steroid dienone is 1. The summed E-state index contributed by atoms with van der Waals surface area (Å²) in [6, 6.07) is 19.5. The largest absolute Gasteiger partial charge is 0.488 e. The summed E-state index contributed by atoms with van der Waals surface area (Å²) in [7, 11) is 0. The fraction of sp³-hybridized carbons (Fsp3) is 0.125. The summed E-state index contributed by atoms with van der Waals surface area (Å²) in [5, 5.41) is 0. The molecule has 4 rings (SSSR count). The third-order valence-electron chi connectivity index (χ3n) is 4.82. The summed E-state index contributed by atoms with van der Waals surface area (Å²) in [5.41, 5.74) is 4.55. The van der Waals surface area contributed by atoms with Crippen molar-refractivity contribution in [2.24, 2.45) is 0 Å². The van der Waals surface area contributed by atoms with Gasteiger partial charge in [-0.1, -0.05) is 52.3 Å². The summed E-state index contributed by atoms with van der Waals surface area (Å²) in [4.78, 5) is 12.7. The Labute approximate surface area is 172 Å². The van der Waals surface area contributed by atoms with Gasteiger partial charge in [-0.15, -0.1) is 0 Å². The van der Waals surface area contributed by atoms with Gasteiger partial charge in [0.2, 0.25) is 5.78 Å². The molecule has 0 aromatic heterocycles. The molecule has 0 spiro atoms. The first-order chi connectivity index (χ1) is 13.5. The van der Waals surface area contributed by atoms with Gasteiger partial charge in [-0.05, 0) is 60.9 Å². The molecule has 4 heteroatoms. The van der Waals surface area contributed by atoms with Crippen LogP contribution in [0.1, 0.15) is 32.6 Å². The van der Waals surface area contributed by atoms with E-state index in [1.165, 1.54) is 0 Å². The topological polar surface area (TPSA) is 35.5 Å². The number of aryl methyl sites for hydroxylation is 1. The summed E-state index contributed by atoms with van der Waals surface area (Å²) in [6.07, 6.45) is 1.81. The monoisotopic (exact) mass is 434 g/mol. The van der Waals surface area contributed by atoms with Gasteiger partial charge in [-0.25, -0.2) is 0 Å². The SMILES string of the molecule is Cc1ccccc1/C=C1\Oc2c(ccc(OCc3ccc(Br)cc3)c2C)C1=O. The fourth-order valence-electron chi connectivity index (χ4n) is 3.16. The molecule has 0 saturated heterocycles. The molecular formula is C24H19BrO3. The van der Waals surface area contributed by atoms with Crippen molar-refractivity contribution in [3.8, 4) is 11.5 Å². The van der Waals surface area contributed by atoms with Crippen LogP contribution in [0, 0.1) is 13.8 Å². The molecule has 0 atom stereocenters. The van der Waals surface area contributed by atoms with Crippen molar-refractivity contribution in [3.63, 3.8) is 0 Å². The Hall–Kier alpha value is -2.85. The van der Waals surface area contributed by atoms with E-state index in [9.17, 15) is 4.79 Å². The van der Waals surface area contributed by atoms with Crippen LogP contribution in [0.4, 0.5) is 0 Å². The van der Waals surface area contributed by atoms with Crippen molar-refractivity contribution < 1.29 is 14.3 Å². The molecule has 1 heterocycles. The molecule has 0 aliphatic carbocycles. The van der Waals surface area contributed by atoms with Gasteiger partial charge < -0.3 is 9.47 Å². The van der Waals surface area contributed by atoms with E-state index in [-0.39, 0.29) is 5.78 Å². The zero-order chi connectivity index (χ0) is 19.7. The lowest BCUT2D eigenvalue weighted by molar-refractivity contribution is 0.101. The molecule has 1 aliphatic heterocycles. The Morgan fingerprint density at radius 1 is 1.00 bits per heavy atom. The van der Waals surface area contributed by atoms with Gasteiger partial charge in [0.15, 0.2) is 5.76 Å². The van der Waals surface area contributed by atoms with Crippen molar-refractivity contribution in [1.82, 2.24) is 0 Å². The Morgan fingerprint density at radius 3 is 2.50 bits per heavy atom. The molecule has 0 bridgehead atoms. The van der Waals surface area contributed by atoms with Gasteiger partial charge in [0.25, 0.3) is 0 Å². The van der Waals surface area contributed by atoms with Gasteiger partial charge in [-0.2, -0.15) is 0 Å². The third-order valence-corrected chi connectivity index (χ3v) is 5.35. The lowest BCUT2D eigenvalue weighted by Crippen LogP contribution is -1.98. The second-order valence-corrected chi connectivity index (χ2v) is 7.69. The minimum atomic E-state index is -0.0965. The summed E-state index contributed by atoms with van der Waals surface area (Å²) >= 11 is 3.43. The van der Waals surface area contributed by atoms with Crippen LogP contribution in [-0.4, -0.2) is 5.78 Å². The number of carbonyl (C=O) groups is 1. The smallest absolute Gasteiger partial charge is 0.231 e. The van der Waals surface area contributed by atoms with E-state index in [0.29, 0.717) is 29.4 Å². The molecule has 0 unspecified atom stereocenters. The predicted molar refractivity (Wildman–Crippen MR) is 114 cm³/mol. The van der Waals surface area contributed by atoms with Gasteiger partial charge in [0.05, 0.1) is 5.56 Å². The van der Waals surface area contributed by atoms with Crippen LogP contribution in [0.5, 0.6) is 11.5 Å². The van der Waals surface area contributed by atoms with E-state index in [0.717, 1.165) is 26.7 Å². The van der Waals surface area contributed by atoms with E-state index in [1.807, 2.05) is 68.4 Å². The second-order valence-electron chi connectivity index (χ2n) is 6.78. The van der Waals surface area contributed by atoms with Gasteiger partial charge in [0.1, 0.15) is 18.1 Å². The Kier molecular flexibility index (Phi) is 5.05. The van der Waals surface area contributed by atoms with Gasteiger partial charge >= 0.3 is 0 Å². The van der Waals surface area contributed by atoms with Crippen LogP contribution in [0.25, 0.3) is 6.08 Å². The van der Waals surface area contributed by atoms with Crippen molar-refractivity contribution in [2.75, 3.05) is 0 Å². The third kappa shape index (κ3) is 3.60. The van der Waals surface area contributed by atoms with Crippen LogP contribution in [0.2, 0.25) is 0 Å². The highest BCUT2D eigenvalue weighted by molar-refractivity contribution is 9.10. The fourth-order valence-corrected chi connectivity index (χ4v) is 3.42. The second kappa shape index (κ2) is 7.64. The molecule has 1 aliphatic rings. The quantitative estimate of drug-likeness (QED) is 0.454. The molecular weight excluding hydrogens is 416 g/mol. The van der Waals surface area contributed by atoms with Crippen LogP contribution in [-0.2, 0) is 6.61 Å². The minimum absolute atomic E-state index is 0.0965. The number of rotatable bonds is 4. The van der Waals surface area contributed by atoms with E-state index >= 15 is 0 Å². The molecule has 0 N–H and O–H groups in total. The zero-order valence-corrected chi connectivity index (χ0v) is 17.2. The first-order valence-corrected chi connectivity index (χ1v) is 9.83. The average Bonchev–Trinajstić information content (AvgIpc) is 3.01. The predicted octanol–water partition coefficient (Wildman–Crippen LogP) is 6.26. The highest BCUT2D eigenvalue weighted by Gasteiger charge is 2.30. The van der Waals surface area contributed by atoms with E-state index < -0.39 is 0 Å². The summed E-state index contributed by atoms with van der Waals surface area (Å²) in [5.74, 6) is 1.54. The number of ether oxygens (including phenoxy) is 2. The standard InChI is InChI=1S/C24H19BrO3/c1-15-5-3-4-6-18(15)13-22-23(26)20-11-12-21(16(2)24(20)28-22)27-14-17-7-9-19(25)10-8-17/h3-13H,14H2,1-2H3/b22-13-. The number of ketones is 1. The Morgan fingerprint density at radius 2 is 1.75 bits per heavy atom. The maximum Gasteiger partial charge on any atom is 0.231 e. The Bertz CT molecular complexity index is 1080. The molecule has 140 valence electrons. The first kappa shape index (κ1) is 18.5. The lowest BCUT2D eigenvalue weighted by Gasteiger charge is -2.11. The van der Waals surface area contributed by atoms with Crippen molar-refractivity contribution in [3.05, 3.63) is 98.7 Å². The zero-order valence-electron chi connectivity index (χ0n) is 15.7. The molecule has 0 amide bonds. The molecule has 28 heavy (non-hydrogen) atoms. The highest BCUT2D eigenvalue weighted by atomic mass is 79.9. The average molecular weight is 435 g/mol. The number of benzene rings is 3. The summed E-state index contributed by atoms with van der Waals surface area (Å²) < 4.78 is 12.9. The number of hydrogen-bond donors (Lipinski definition) is 0. The van der Waals surface area contributed by atoms with Crippen molar-refractivity contribution >= 4 is 27.8 Å². The van der Waals surface area contributed by atoms with Crippen molar-refractivity contribution in [1.29, 1.82) is 0 Å². The molecule has 3 aromatic carbocycles. The normalized spacial score (nSPS) is 14.1. The molecule has 0 radical (unpaired) electrons. The lowest BCUT2D eigenvalue weighted by atomic mass is 10.0. The van der Waals surface area contributed by atoms with Gasteiger partial charge in [0, 0.05) is 10.0 Å². The van der Waals surface area contributed by atoms with Crippen LogP contribution in [0.15, 0.2) is 70.9 Å². The maximum absolute atomic E-state index is 12.7. The number of hydrogen-bond acceptors (Lipinski definition) is 3. The highest BCUT2D eigenvalue weighted by Crippen LogP contribution is 2.39. The van der Waals surface area contributed by atoms with Crippen LogP contribution < -0.4 is 9.47 Å². The number of halogens is 1. The van der Waals surface area contributed by atoms with Crippen LogP contribution >= 0.6 is 15.9 Å². The first-order valence-electron chi connectivity index (χ1n) is 9.03. The van der Waals surface area contributed by atoms with E-state index in [4.69, 9.17) is 9.47 Å². The maximum atomic E-state index is 12.7. The van der Waals surface area contributed by atoms with Crippen LogP contribution in [0.3, 0.4) is 0 Å². The number of Topliss-reactive ketones (excluding diaryl/α,β-unsaturated/α-hetero) is 1. The minimum Gasteiger partial charge on any atom is -0.488 e. The number of carbonyl (C=O) groups excluding carboxylic acids is 1. The van der Waals surface area contributed by atoms with E-state index in [1.54, 1.807) is 12.1 Å². The van der Waals surface area contributed by atoms with E-state index in [2.05, 4.69) is 15.9 Å². The van der Waals surface area contributed by atoms with Crippen molar-refractivity contribution in [2.45, 2.75) is 20.5 Å².